The van der Waals surface area contributed by atoms with E-state index in [0.29, 0.717) is 33.1 Å². The SMILES string of the molecule is Nc1cc(-c2nc(-c3ccc(Cl)c(Cl)c3)no2)ccn1. The number of hydrogen-bond donors (Lipinski definition) is 1. The molecule has 2 heterocycles. The summed E-state index contributed by atoms with van der Waals surface area (Å²) in [5.74, 6) is 1.17. The minimum absolute atomic E-state index is 0.361. The van der Waals surface area contributed by atoms with Crippen LogP contribution >= 0.6 is 23.2 Å². The van der Waals surface area contributed by atoms with Gasteiger partial charge in [-0.05, 0) is 30.3 Å². The van der Waals surface area contributed by atoms with Crippen LogP contribution in [-0.2, 0) is 0 Å². The summed E-state index contributed by atoms with van der Waals surface area (Å²) in [5.41, 5.74) is 7.04. The van der Waals surface area contributed by atoms with Crippen LogP contribution in [0.1, 0.15) is 0 Å². The number of anilines is 1. The third-order valence-corrected chi connectivity index (χ3v) is 3.37. The molecule has 100 valence electrons. The van der Waals surface area contributed by atoms with E-state index < -0.39 is 0 Å². The van der Waals surface area contributed by atoms with Crippen molar-refractivity contribution in [3.63, 3.8) is 0 Å². The Morgan fingerprint density at radius 1 is 1.00 bits per heavy atom. The van der Waals surface area contributed by atoms with E-state index in [1.165, 1.54) is 0 Å². The van der Waals surface area contributed by atoms with E-state index in [9.17, 15) is 0 Å². The summed E-state index contributed by atoms with van der Waals surface area (Å²) in [6.07, 6.45) is 1.58. The number of nitrogens with two attached hydrogens (primary N) is 1. The van der Waals surface area contributed by atoms with Gasteiger partial charge in [0.1, 0.15) is 5.82 Å². The van der Waals surface area contributed by atoms with Gasteiger partial charge in [0.2, 0.25) is 5.82 Å². The van der Waals surface area contributed by atoms with Gasteiger partial charge < -0.3 is 10.3 Å². The van der Waals surface area contributed by atoms with Gasteiger partial charge in [-0.3, -0.25) is 0 Å². The fraction of sp³-hybridized carbons (Fsp3) is 0. The lowest BCUT2D eigenvalue weighted by molar-refractivity contribution is 0.432. The van der Waals surface area contributed by atoms with Crippen molar-refractivity contribution in [1.29, 1.82) is 0 Å². The number of halogens is 2. The molecule has 0 saturated heterocycles. The molecule has 0 saturated carbocycles. The molecule has 0 spiro atoms. The molecule has 20 heavy (non-hydrogen) atoms. The summed E-state index contributed by atoms with van der Waals surface area (Å²) in [5, 5.41) is 4.82. The summed E-state index contributed by atoms with van der Waals surface area (Å²) in [6.45, 7) is 0. The van der Waals surface area contributed by atoms with E-state index in [4.69, 9.17) is 33.5 Å². The summed E-state index contributed by atoms with van der Waals surface area (Å²) < 4.78 is 5.21. The Balaban J connectivity index is 1.99. The summed E-state index contributed by atoms with van der Waals surface area (Å²) >= 11 is 11.8. The lowest BCUT2D eigenvalue weighted by Crippen LogP contribution is -1.89. The number of hydrogen-bond acceptors (Lipinski definition) is 5. The first kappa shape index (κ1) is 12.9. The molecular weight excluding hydrogens is 299 g/mol. The van der Waals surface area contributed by atoms with Gasteiger partial charge >= 0.3 is 0 Å². The highest BCUT2D eigenvalue weighted by atomic mass is 35.5. The normalized spacial score (nSPS) is 10.7. The van der Waals surface area contributed by atoms with Crippen LogP contribution in [0.5, 0.6) is 0 Å². The molecule has 1 aromatic carbocycles. The smallest absolute Gasteiger partial charge is 0.258 e. The summed E-state index contributed by atoms with van der Waals surface area (Å²) in [7, 11) is 0. The Morgan fingerprint density at radius 2 is 1.85 bits per heavy atom. The van der Waals surface area contributed by atoms with Gasteiger partial charge in [0.15, 0.2) is 0 Å². The van der Waals surface area contributed by atoms with Crippen molar-refractivity contribution in [2.75, 3.05) is 5.73 Å². The van der Waals surface area contributed by atoms with E-state index >= 15 is 0 Å². The molecule has 3 aromatic rings. The van der Waals surface area contributed by atoms with Gasteiger partial charge in [0.05, 0.1) is 10.0 Å². The monoisotopic (exact) mass is 306 g/mol. The number of benzene rings is 1. The second-order valence-electron chi connectivity index (χ2n) is 4.02. The van der Waals surface area contributed by atoms with Crippen LogP contribution < -0.4 is 5.73 Å². The van der Waals surface area contributed by atoms with Gasteiger partial charge in [0.25, 0.3) is 5.89 Å². The van der Waals surface area contributed by atoms with Crippen LogP contribution in [0.4, 0.5) is 5.82 Å². The Hall–Kier alpha value is -2.11. The standard InChI is InChI=1S/C13H8Cl2N4O/c14-9-2-1-7(5-10(9)15)12-18-13(20-19-12)8-3-4-17-11(16)6-8/h1-6H,(H2,16,17). The first-order chi connectivity index (χ1) is 9.63. The molecule has 0 amide bonds. The molecule has 0 bridgehead atoms. The van der Waals surface area contributed by atoms with Crippen molar-refractivity contribution in [3.05, 3.63) is 46.6 Å². The van der Waals surface area contributed by atoms with Gasteiger partial charge in [0, 0.05) is 17.3 Å². The molecule has 0 aliphatic carbocycles. The number of aromatic nitrogens is 3. The molecule has 0 aliphatic heterocycles. The van der Waals surface area contributed by atoms with Crippen molar-refractivity contribution in [2.24, 2.45) is 0 Å². The molecule has 0 radical (unpaired) electrons. The topological polar surface area (TPSA) is 77.8 Å². The number of nitrogens with zero attached hydrogens (tertiary/aromatic N) is 3. The average Bonchev–Trinajstić information content (AvgIpc) is 2.92. The maximum absolute atomic E-state index is 5.97. The fourth-order valence-electron chi connectivity index (χ4n) is 1.67. The van der Waals surface area contributed by atoms with Gasteiger partial charge in [-0.25, -0.2) is 4.98 Å². The minimum Gasteiger partial charge on any atom is -0.384 e. The fourth-order valence-corrected chi connectivity index (χ4v) is 1.97. The second-order valence-corrected chi connectivity index (χ2v) is 4.84. The minimum atomic E-state index is 0.361. The number of pyridine rings is 1. The summed E-state index contributed by atoms with van der Waals surface area (Å²) in [4.78, 5) is 8.21. The van der Waals surface area contributed by atoms with Gasteiger partial charge in [-0.15, -0.1) is 0 Å². The zero-order chi connectivity index (χ0) is 14.1. The zero-order valence-electron chi connectivity index (χ0n) is 10.0. The van der Waals surface area contributed by atoms with Gasteiger partial charge in [-0.2, -0.15) is 4.98 Å². The highest BCUT2D eigenvalue weighted by molar-refractivity contribution is 6.42. The van der Waals surface area contributed by atoms with Crippen molar-refractivity contribution < 1.29 is 4.52 Å². The lowest BCUT2D eigenvalue weighted by atomic mass is 10.2. The highest BCUT2D eigenvalue weighted by Crippen LogP contribution is 2.28. The first-order valence-electron chi connectivity index (χ1n) is 5.64. The van der Waals surface area contributed by atoms with Crippen molar-refractivity contribution in [2.45, 2.75) is 0 Å². The van der Waals surface area contributed by atoms with E-state index in [0.717, 1.165) is 5.56 Å². The van der Waals surface area contributed by atoms with Crippen molar-refractivity contribution >= 4 is 29.0 Å². The molecule has 0 aliphatic rings. The molecule has 7 heteroatoms. The van der Waals surface area contributed by atoms with Crippen LogP contribution in [0.15, 0.2) is 41.1 Å². The molecule has 0 fully saturated rings. The third-order valence-electron chi connectivity index (χ3n) is 2.63. The Bertz CT molecular complexity index is 773. The largest absolute Gasteiger partial charge is 0.384 e. The van der Waals surface area contributed by atoms with Crippen LogP contribution in [0.2, 0.25) is 10.0 Å². The predicted molar refractivity (Wildman–Crippen MR) is 77.4 cm³/mol. The number of rotatable bonds is 2. The third kappa shape index (κ3) is 2.45. The van der Waals surface area contributed by atoms with Gasteiger partial charge in [-0.1, -0.05) is 28.4 Å². The summed E-state index contributed by atoms with van der Waals surface area (Å²) in [6, 6.07) is 8.53. The number of nitrogen functional groups attached to an aromatic ring is 1. The van der Waals surface area contributed by atoms with E-state index in [1.807, 2.05) is 0 Å². The van der Waals surface area contributed by atoms with Crippen molar-refractivity contribution in [1.82, 2.24) is 15.1 Å². The van der Waals surface area contributed by atoms with Crippen LogP contribution in [0, 0.1) is 0 Å². The van der Waals surface area contributed by atoms with Crippen LogP contribution in [0.25, 0.3) is 22.8 Å². The first-order valence-corrected chi connectivity index (χ1v) is 6.40. The Labute approximate surface area is 124 Å². The maximum atomic E-state index is 5.97. The van der Waals surface area contributed by atoms with Crippen LogP contribution in [-0.4, -0.2) is 15.1 Å². The maximum Gasteiger partial charge on any atom is 0.258 e. The van der Waals surface area contributed by atoms with E-state index in [-0.39, 0.29) is 0 Å². The van der Waals surface area contributed by atoms with E-state index in [1.54, 1.807) is 36.5 Å². The average molecular weight is 307 g/mol. The Morgan fingerprint density at radius 3 is 2.60 bits per heavy atom. The molecule has 2 aromatic heterocycles. The molecular formula is C13H8Cl2N4O. The molecule has 3 rings (SSSR count). The van der Waals surface area contributed by atoms with E-state index in [2.05, 4.69) is 15.1 Å². The molecule has 0 atom stereocenters. The van der Waals surface area contributed by atoms with Crippen LogP contribution in [0.3, 0.4) is 0 Å². The second kappa shape index (κ2) is 5.11. The molecule has 2 N–H and O–H groups in total. The zero-order valence-corrected chi connectivity index (χ0v) is 11.6. The quantitative estimate of drug-likeness (QED) is 0.781. The molecule has 0 unspecified atom stereocenters. The van der Waals surface area contributed by atoms with Crippen molar-refractivity contribution in [3.8, 4) is 22.8 Å². The lowest BCUT2D eigenvalue weighted by Gasteiger charge is -1.97. The predicted octanol–water partition coefficient (Wildman–Crippen LogP) is 3.69. The highest BCUT2D eigenvalue weighted by Gasteiger charge is 2.12. The molecule has 5 nitrogen and oxygen atoms in total. The Kier molecular flexibility index (Phi) is 3.30.